The molecule has 11 heavy (non-hydrogen) atoms. The van der Waals surface area contributed by atoms with Gasteiger partial charge in [-0.15, -0.1) is 0 Å². The molecule has 62 valence electrons. The van der Waals surface area contributed by atoms with Crippen LogP contribution in [0.1, 0.15) is 0 Å². The van der Waals surface area contributed by atoms with E-state index in [1.165, 1.54) is 0 Å². The zero-order valence-electron chi connectivity index (χ0n) is 6.53. The monoisotopic (exact) mass is 173 g/mol. The van der Waals surface area contributed by atoms with Crippen LogP contribution < -0.4 is 5.73 Å². The van der Waals surface area contributed by atoms with Crippen LogP contribution in [0.3, 0.4) is 0 Å². The smallest absolute Gasteiger partial charge is 0.255 e. The van der Waals surface area contributed by atoms with Crippen molar-refractivity contribution >= 4 is 16.2 Å². The van der Waals surface area contributed by atoms with Crippen molar-refractivity contribution in [2.45, 2.75) is 0 Å². The summed E-state index contributed by atoms with van der Waals surface area (Å²) in [6.07, 6.45) is 5.40. The highest BCUT2D eigenvalue weighted by Gasteiger charge is 2.26. The summed E-state index contributed by atoms with van der Waals surface area (Å²) < 4.78 is 5.20. The number of hydrogen-bond donors (Lipinski definition) is 1. The molecular formula is C7H11NO2S. The maximum Gasteiger partial charge on any atom is 0.255 e. The number of amides is 1. The Morgan fingerprint density at radius 2 is 2.36 bits per heavy atom. The Morgan fingerprint density at radius 3 is 2.73 bits per heavy atom. The number of allylic oxidation sites excluding steroid dienone is 2. The normalized spacial score (nSPS) is 34.5. The Bertz CT molecular complexity index is 247. The van der Waals surface area contributed by atoms with Crippen molar-refractivity contribution in [2.24, 2.45) is 5.73 Å². The minimum Gasteiger partial charge on any atom is -0.365 e. The predicted octanol–water partition coefficient (Wildman–Crippen LogP) is 0.879. The molecule has 1 aliphatic rings. The molecule has 0 bridgehead atoms. The van der Waals surface area contributed by atoms with Crippen molar-refractivity contribution in [3.05, 3.63) is 22.5 Å². The number of rotatable bonds is 2. The fourth-order valence-corrected chi connectivity index (χ4v) is 2.48. The molecular weight excluding hydrogens is 162 g/mol. The van der Waals surface area contributed by atoms with E-state index in [1.54, 1.807) is 19.3 Å². The number of primary amides is 1. The maximum atomic E-state index is 10.8. The van der Waals surface area contributed by atoms with Gasteiger partial charge in [-0.3, -0.25) is 4.79 Å². The van der Waals surface area contributed by atoms with Gasteiger partial charge in [0.05, 0.1) is 4.91 Å². The summed E-state index contributed by atoms with van der Waals surface area (Å²) in [6.45, 7) is 0. The van der Waals surface area contributed by atoms with Crippen LogP contribution in [-0.4, -0.2) is 19.3 Å². The van der Waals surface area contributed by atoms with Crippen molar-refractivity contribution in [1.82, 2.24) is 0 Å². The summed E-state index contributed by atoms with van der Waals surface area (Å²) in [5, 5.41) is 1.88. The third-order valence-corrected chi connectivity index (χ3v) is 4.19. The molecule has 1 unspecified atom stereocenters. The van der Waals surface area contributed by atoms with Gasteiger partial charge in [-0.25, -0.2) is 0 Å². The molecule has 0 radical (unpaired) electrons. The van der Waals surface area contributed by atoms with Crippen LogP contribution in [-0.2, 0) is 8.98 Å². The first kappa shape index (κ1) is 8.36. The Balaban J connectivity index is 2.93. The second kappa shape index (κ2) is 2.71. The van der Waals surface area contributed by atoms with E-state index in [9.17, 15) is 4.79 Å². The molecule has 0 saturated carbocycles. The third-order valence-electron chi connectivity index (χ3n) is 1.61. The van der Waals surface area contributed by atoms with Crippen molar-refractivity contribution in [2.75, 3.05) is 13.4 Å². The zero-order chi connectivity index (χ0) is 8.48. The largest absolute Gasteiger partial charge is 0.365 e. The predicted molar refractivity (Wildman–Crippen MR) is 46.9 cm³/mol. The van der Waals surface area contributed by atoms with Gasteiger partial charge in [-0.2, -0.15) is 0 Å². The van der Waals surface area contributed by atoms with Crippen molar-refractivity contribution in [3.8, 4) is 0 Å². The third kappa shape index (κ3) is 1.32. The summed E-state index contributed by atoms with van der Waals surface area (Å²) in [5.41, 5.74) is 5.14. The number of carbonyl (C=O) groups is 1. The molecule has 0 aromatic carbocycles. The van der Waals surface area contributed by atoms with Gasteiger partial charge in [-0.1, -0.05) is 16.4 Å². The summed E-state index contributed by atoms with van der Waals surface area (Å²) in [7, 11) is 0.109. The van der Waals surface area contributed by atoms with Crippen molar-refractivity contribution < 1.29 is 8.98 Å². The standard InChI is InChI=1S/C7H11NO2S/c1-10-11(2)5-3-4-6(11)7(8)9/h3-5H,1-2H3,(H2,8,9). The lowest BCUT2D eigenvalue weighted by Crippen LogP contribution is -2.17. The minimum atomic E-state index is -1.48. The van der Waals surface area contributed by atoms with Crippen LogP contribution in [0, 0.1) is 0 Å². The molecule has 3 nitrogen and oxygen atoms in total. The molecule has 0 spiro atoms. The first-order chi connectivity index (χ1) is 5.10. The molecule has 1 amide bonds. The molecule has 1 heterocycles. The van der Waals surface area contributed by atoms with Gasteiger partial charge in [0.1, 0.15) is 0 Å². The van der Waals surface area contributed by atoms with Crippen LogP contribution in [0.5, 0.6) is 0 Å². The number of carbonyl (C=O) groups excluding carboxylic acids is 1. The summed E-state index contributed by atoms with van der Waals surface area (Å²) in [5.74, 6) is -0.394. The first-order valence-electron chi connectivity index (χ1n) is 3.12. The second-order valence-corrected chi connectivity index (χ2v) is 5.15. The Labute approximate surface area is 67.4 Å². The van der Waals surface area contributed by atoms with E-state index in [-0.39, 0.29) is 0 Å². The fraction of sp³-hybridized carbons (Fsp3) is 0.286. The number of hydrogen-bond acceptors (Lipinski definition) is 2. The molecule has 0 aromatic heterocycles. The van der Waals surface area contributed by atoms with Crippen LogP contribution in [0.4, 0.5) is 0 Å². The van der Waals surface area contributed by atoms with Crippen LogP contribution in [0.2, 0.25) is 0 Å². The van der Waals surface area contributed by atoms with E-state index >= 15 is 0 Å². The second-order valence-electron chi connectivity index (χ2n) is 2.29. The SMILES string of the molecule is COS1(C)C=CC=C1C(N)=O. The molecule has 0 aromatic rings. The molecule has 2 N–H and O–H groups in total. The van der Waals surface area contributed by atoms with Crippen molar-refractivity contribution in [1.29, 1.82) is 0 Å². The molecule has 0 saturated heterocycles. The lowest BCUT2D eigenvalue weighted by Gasteiger charge is -2.28. The molecule has 1 atom stereocenters. The van der Waals surface area contributed by atoms with Crippen LogP contribution in [0.15, 0.2) is 22.5 Å². The number of nitrogens with two attached hydrogens (primary N) is 1. The van der Waals surface area contributed by atoms with Gasteiger partial charge >= 0.3 is 0 Å². The van der Waals surface area contributed by atoms with Gasteiger partial charge in [0.15, 0.2) is 0 Å². The summed E-state index contributed by atoms with van der Waals surface area (Å²) in [6, 6.07) is 0. The highest BCUT2D eigenvalue weighted by atomic mass is 32.3. The topological polar surface area (TPSA) is 52.3 Å². The average Bonchev–Trinajstić information content (AvgIpc) is 2.32. The zero-order valence-corrected chi connectivity index (χ0v) is 7.35. The molecule has 4 heteroatoms. The van der Waals surface area contributed by atoms with Gasteiger partial charge < -0.3 is 9.92 Å². The molecule has 1 rings (SSSR count). The Kier molecular flexibility index (Phi) is 2.06. The van der Waals surface area contributed by atoms with Crippen molar-refractivity contribution in [3.63, 3.8) is 0 Å². The van der Waals surface area contributed by atoms with Crippen LogP contribution in [0.25, 0.3) is 0 Å². The highest BCUT2D eigenvalue weighted by molar-refractivity contribution is 8.35. The maximum absolute atomic E-state index is 10.8. The molecule has 1 aliphatic heterocycles. The lowest BCUT2D eigenvalue weighted by atomic mass is 10.5. The summed E-state index contributed by atoms with van der Waals surface area (Å²) >= 11 is 0. The van der Waals surface area contributed by atoms with E-state index in [0.29, 0.717) is 4.91 Å². The highest BCUT2D eigenvalue weighted by Crippen LogP contribution is 2.56. The lowest BCUT2D eigenvalue weighted by molar-refractivity contribution is -0.113. The van der Waals surface area contributed by atoms with Gasteiger partial charge in [0.2, 0.25) is 0 Å². The van der Waals surface area contributed by atoms with Gasteiger partial charge in [-0.05, 0) is 17.7 Å². The Hall–Kier alpha value is -0.740. The fourth-order valence-electron chi connectivity index (χ4n) is 0.912. The quantitative estimate of drug-likeness (QED) is 0.674. The van der Waals surface area contributed by atoms with Crippen LogP contribution >= 0.6 is 10.3 Å². The summed E-state index contributed by atoms with van der Waals surface area (Å²) in [4.78, 5) is 11.4. The van der Waals surface area contributed by atoms with Gasteiger partial charge in [0, 0.05) is 7.11 Å². The van der Waals surface area contributed by atoms with E-state index in [4.69, 9.17) is 9.92 Å². The average molecular weight is 173 g/mol. The van der Waals surface area contributed by atoms with E-state index in [2.05, 4.69) is 0 Å². The first-order valence-corrected chi connectivity index (χ1v) is 5.15. The minimum absolute atomic E-state index is 0.394. The van der Waals surface area contributed by atoms with E-state index < -0.39 is 16.2 Å². The van der Waals surface area contributed by atoms with E-state index in [1.807, 2.05) is 11.7 Å². The Morgan fingerprint density at radius 1 is 1.73 bits per heavy atom. The van der Waals surface area contributed by atoms with E-state index in [0.717, 1.165) is 0 Å². The molecule has 0 fully saturated rings. The molecule has 0 aliphatic carbocycles. The van der Waals surface area contributed by atoms with Gasteiger partial charge in [0.25, 0.3) is 5.91 Å².